The summed E-state index contributed by atoms with van der Waals surface area (Å²) in [6.07, 6.45) is 2.36. The first-order valence-electron chi connectivity index (χ1n) is 6.11. The largest absolute Gasteiger partial charge is 0.303 e. The lowest BCUT2D eigenvalue weighted by Crippen LogP contribution is -2.38. The average Bonchev–Trinajstić information content (AvgIpc) is 2.47. The monoisotopic (exact) mass is 272 g/mol. The molecule has 0 bridgehead atoms. The van der Waals surface area contributed by atoms with E-state index in [1.165, 1.54) is 0 Å². The van der Waals surface area contributed by atoms with Crippen LogP contribution in [0.2, 0.25) is 0 Å². The van der Waals surface area contributed by atoms with Gasteiger partial charge in [0, 0.05) is 11.1 Å². The van der Waals surface area contributed by atoms with Crippen molar-refractivity contribution in [3.63, 3.8) is 0 Å². The van der Waals surface area contributed by atoms with Crippen molar-refractivity contribution < 1.29 is 0 Å². The van der Waals surface area contributed by atoms with Crippen molar-refractivity contribution in [2.45, 2.75) is 23.9 Å². The van der Waals surface area contributed by atoms with Gasteiger partial charge >= 0.3 is 0 Å². The maximum atomic E-state index is 9.11. The summed E-state index contributed by atoms with van der Waals surface area (Å²) in [7, 11) is 1.81. The quantitative estimate of drug-likeness (QED) is 0.669. The zero-order valence-corrected chi connectivity index (χ0v) is 11.9. The summed E-state index contributed by atoms with van der Waals surface area (Å²) >= 11 is 1.67. The molecule has 0 aliphatic rings. The van der Waals surface area contributed by atoms with E-state index in [4.69, 9.17) is 5.26 Å². The molecule has 2 aromatic rings. The Balaban J connectivity index is 2.09. The summed E-state index contributed by atoms with van der Waals surface area (Å²) in [6.45, 7) is 1.91. The van der Waals surface area contributed by atoms with E-state index in [0.717, 1.165) is 28.1 Å². The molecular formula is C14H16N4S. The fraction of sp³-hybridized carbons (Fsp3) is 0.357. The van der Waals surface area contributed by atoms with Crippen LogP contribution in [0.1, 0.15) is 13.3 Å². The van der Waals surface area contributed by atoms with Gasteiger partial charge in [0.1, 0.15) is 16.9 Å². The zero-order valence-electron chi connectivity index (χ0n) is 11.1. The third-order valence-corrected chi connectivity index (χ3v) is 4.15. The van der Waals surface area contributed by atoms with Gasteiger partial charge < -0.3 is 5.32 Å². The van der Waals surface area contributed by atoms with Gasteiger partial charge in [-0.3, -0.25) is 0 Å². The maximum absolute atomic E-state index is 9.11. The number of nitriles is 1. The third-order valence-electron chi connectivity index (χ3n) is 3.15. The number of benzene rings is 1. The van der Waals surface area contributed by atoms with Gasteiger partial charge in [-0.15, -0.1) is 11.8 Å². The van der Waals surface area contributed by atoms with E-state index in [2.05, 4.69) is 21.4 Å². The highest BCUT2D eigenvalue weighted by atomic mass is 32.2. The fourth-order valence-corrected chi connectivity index (χ4v) is 2.84. The van der Waals surface area contributed by atoms with Gasteiger partial charge in [0.15, 0.2) is 0 Å². The van der Waals surface area contributed by atoms with Crippen LogP contribution in [0.25, 0.3) is 10.9 Å². The Bertz CT molecular complexity index is 602. The fourth-order valence-electron chi connectivity index (χ4n) is 1.68. The van der Waals surface area contributed by atoms with Crippen LogP contribution in [0, 0.1) is 11.3 Å². The summed E-state index contributed by atoms with van der Waals surface area (Å²) in [4.78, 5) is 8.57. The molecule has 4 nitrogen and oxygen atoms in total. The summed E-state index contributed by atoms with van der Waals surface area (Å²) in [5.74, 6) is 0.839. The number of thioether (sulfide) groups is 1. The van der Waals surface area contributed by atoms with Gasteiger partial charge in [0.05, 0.1) is 11.6 Å². The highest BCUT2D eigenvalue weighted by molar-refractivity contribution is 7.99. The Morgan fingerprint density at radius 1 is 1.37 bits per heavy atom. The lowest BCUT2D eigenvalue weighted by Gasteiger charge is -2.19. The minimum atomic E-state index is -0.476. The Hall–Kier alpha value is -1.64. The van der Waals surface area contributed by atoms with Crippen molar-refractivity contribution >= 4 is 22.7 Å². The molecule has 19 heavy (non-hydrogen) atoms. The van der Waals surface area contributed by atoms with Crippen LogP contribution >= 0.6 is 11.8 Å². The van der Waals surface area contributed by atoms with Crippen molar-refractivity contribution in [1.29, 1.82) is 5.26 Å². The summed E-state index contributed by atoms with van der Waals surface area (Å²) in [6, 6.07) is 10.3. The number of hydrogen-bond acceptors (Lipinski definition) is 5. The first-order valence-corrected chi connectivity index (χ1v) is 7.10. The third kappa shape index (κ3) is 3.22. The van der Waals surface area contributed by atoms with Crippen LogP contribution < -0.4 is 5.32 Å². The predicted molar refractivity (Wildman–Crippen MR) is 78.0 cm³/mol. The lowest BCUT2D eigenvalue weighted by atomic mass is 10.0. The van der Waals surface area contributed by atoms with Gasteiger partial charge in [-0.05, 0) is 26.5 Å². The predicted octanol–water partition coefficient (Wildman–Crippen LogP) is 2.61. The number of para-hydroxylation sites is 1. The Labute approximate surface area is 117 Å². The molecule has 1 heterocycles. The Morgan fingerprint density at radius 2 is 2.16 bits per heavy atom. The maximum Gasteiger partial charge on any atom is 0.117 e. The highest BCUT2D eigenvalue weighted by Gasteiger charge is 2.20. The second-order valence-corrected chi connectivity index (χ2v) is 5.57. The zero-order chi connectivity index (χ0) is 13.7. The smallest absolute Gasteiger partial charge is 0.117 e. The summed E-state index contributed by atoms with van der Waals surface area (Å²) in [5.41, 5.74) is 0.479. The molecule has 98 valence electrons. The SMILES string of the molecule is CNC(C)(C#N)CCSc1ncnc2ccccc12. The Morgan fingerprint density at radius 3 is 2.89 bits per heavy atom. The van der Waals surface area contributed by atoms with Crippen LogP contribution in [0.4, 0.5) is 0 Å². The van der Waals surface area contributed by atoms with Crippen molar-refractivity contribution in [1.82, 2.24) is 15.3 Å². The number of nitrogens with one attached hydrogen (secondary N) is 1. The molecule has 0 saturated carbocycles. The van der Waals surface area contributed by atoms with E-state index in [9.17, 15) is 0 Å². The number of hydrogen-bond donors (Lipinski definition) is 1. The summed E-state index contributed by atoms with van der Waals surface area (Å²) in [5, 5.41) is 14.2. The highest BCUT2D eigenvalue weighted by Crippen LogP contribution is 2.26. The van der Waals surface area contributed by atoms with Crippen molar-refractivity contribution in [2.75, 3.05) is 12.8 Å². The van der Waals surface area contributed by atoms with Crippen molar-refractivity contribution in [2.24, 2.45) is 0 Å². The van der Waals surface area contributed by atoms with E-state index in [1.54, 1.807) is 18.1 Å². The molecule has 0 amide bonds. The molecule has 1 aromatic heterocycles. The topological polar surface area (TPSA) is 61.6 Å². The first kappa shape index (κ1) is 13.8. The molecule has 0 aliphatic carbocycles. The van der Waals surface area contributed by atoms with E-state index in [1.807, 2.05) is 38.2 Å². The minimum absolute atomic E-state index is 0.476. The van der Waals surface area contributed by atoms with Gasteiger partial charge in [-0.2, -0.15) is 5.26 Å². The number of fused-ring (bicyclic) bond motifs is 1. The van der Waals surface area contributed by atoms with Crippen molar-refractivity contribution in [3.05, 3.63) is 30.6 Å². The van der Waals surface area contributed by atoms with Gasteiger partial charge in [0.25, 0.3) is 0 Å². The van der Waals surface area contributed by atoms with Gasteiger partial charge in [-0.1, -0.05) is 18.2 Å². The van der Waals surface area contributed by atoms with Crippen LogP contribution in [-0.2, 0) is 0 Å². The van der Waals surface area contributed by atoms with E-state index in [-0.39, 0.29) is 0 Å². The molecule has 0 spiro atoms. The van der Waals surface area contributed by atoms with Crippen LogP contribution in [0.15, 0.2) is 35.6 Å². The second-order valence-electron chi connectivity index (χ2n) is 4.49. The second kappa shape index (κ2) is 6.00. The number of aromatic nitrogens is 2. The molecule has 1 aromatic carbocycles. The van der Waals surface area contributed by atoms with Crippen LogP contribution in [0.3, 0.4) is 0 Å². The number of rotatable bonds is 5. The van der Waals surface area contributed by atoms with Crippen molar-refractivity contribution in [3.8, 4) is 6.07 Å². The molecule has 0 saturated heterocycles. The molecule has 0 aliphatic heterocycles. The van der Waals surface area contributed by atoms with Crippen LogP contribution in [-0.4, -0.2) is 28.3 Å². The average molecular weight is 272 g/mol. The molecule has 5 heteroatoms. The van der Waals surface area contributed by atoms with E-state index in [0.29, 0.717) is 0 Å². The molecular weight excluding hydrogens is 256 g/mol. The molecule has 0 fully saturated rings. The van der Waals surface area contributed by atoms with E-state index >= 15 is 0 Å². The molecule has 1 atom stereocenters. The minimum Gasteiger partial charge on any atom is -0.303 e. The lowest BCUT2D eigenvalue weighted by molar-refractivity contribution is 0.479. The summed E-state index contributed by atoms with van der Waals surface area (Å²) < 4.78 is 0. The number of nitrogens with zero attached hydrogens (tertiary/aromatic N) is 3. The van der Waals surface area contributed by atoms with Gasteiger partial charge in [0.2, 0.25) is 0 Å². The van der Waals surface area contributed by atoms with E-state index < -0.39 is 5.54 Å². The molecule has 0 radical (unpaired) electrons. The Kier molecular flexibility index (Phi) is 4.35. The standard InChI is InChI=1S/C14H16N4S/c1-14(9-15,16-2)7-8-19-13-11-5-3-4-6-12(11)17-10-18-13/h3-6,10,16H,7-8H2,1-2H3. The molecule has 1 N–H and O–H groups in total. The van der Waals surface area contributed by atoms with Crippen LogP contribution in [0.5, 0.6) is 0 Å². The first-order chi connectivity index (χ1) is 9.18. The molecule has 2 rings (SSSR count). The molecule has 1 unspecified atom stereocenters. The normalized spacial score (nSPS) is 13.9. The van der Waals surface area contributed by atoms with Gasteiger partial charge in [-0.25, -0.2) is 9.97 Å².